The maximum atomic E-state index is 12.3. The molecule has 10 heteroatoms. The van der Waals surface area contributed by atoms with Crippen molar-refractivity contribution in [1.82, 2.24) is 0 Å². The SMILES string of the molecule is COc1cc(/C=C/C(=O)Nc2ccc(OCC(F)(F)F)cc2)ccc1OC(F)F. The number of halogens is 5. The van der Waals surface area contributed by atoms with Crippen molar-refractivity contribution < 1.29 is 41.0 Å². The van der Waals surface area contributed by atoms with Crippen molar-refractivity contribution in [2.24, 2.45) is 0 Å². The van der Waals surface area contributed by atoms with Crippen LogP contribution < -0.4 is 19.5 Å². The Balaban J connectivity index is 1.95. The average molecular weight is 417 g/mol. The second-order valence-electron chi connectivity index (χ2n) is 5.54. The Morgan fingerprint density at radius 3 is 2.38 bits per heavy atom. The molecule has 0 spiro atoms. The van der Waals surface area contributed by atoms with Crippen LogP contribution in [0.1, 0.15) is 5.56 Å². The molecule has 0 saturated heterocycles. The number of alkyl halides is 5. The molecule has 2 aromatic rings. The minimum Gasteiger partial charge on any atom is -0.493 e. The molecule has 0 saturated carbocycles. The van der Waals surface area contributed by atoms with Crippen molar-refractivity contribution in [2.75, 3.05) is 19.0 Å². The van der Waals surface area contributed by atoms with Crippen molar-refractivity contribution in [3.63, 3.8) is 0 Å². The van der Waals surface area contributed by atoms with E-state index in [9.17, 15) is 26.7 Å². The monoisotopic (exact) mass is 417 g/mol. The molecule has 0 radical (unpaired) electrons. The van der Waals surface area contributed by atoms with Crippen LogP contribution in [0.15, 0.2) is 48.5 Å². The van der Waals surface area contributed by atoms with Crippen LogP contribution in [-0.2, 0) is 4.79 Å². The van der Waals surface area contributed by atoms with Gasteiger partial charge in [-0.2, -0.15) is 22.0 Å². The van der Waals surface area contributed by atoms with E-state index in [0.717, 1.165) is 0 Å². The number of rotatable bonds is 8. The number of amides is 1. The highest BCUT2D eigenvalue weighted by atomic mass is 19.4. The fraction of sp³-hybridized carbons (Fsp3) is 0.211. The van der Waals surface area contributed by atoms with Gasteiger partial charge in [0.2, 0.25) is 5.91 Å². The van der Waals surface area contributed by atoms with E-state index in [4.69, 9.17) is 4.74 Å². The molecule has 2 rings (SSSR count). The Bertz CT molecular complexity index is 851. The number of methoxy groups -OCH3 is 1. The summed E-state index contributed by atoms with van der Waals surface area (Å²) in [7, 11) is 1.29. The lowest BCUT2D eigenvalue weighted by molar-refractivity contribution is -0.153. The molecule has 0 aliphatic rings. The Labute approximate surface area is 162 Å². The number of anilines is 1. The third-order valence-electron chi connectivity index (χ3n) is 3.36. The minimum absolute atomic E-state index is 0.00840. The van der Waals surface area contributed by atoms with Crippen molar-refractivity contribution in [3.8, 4) is 17.2 Å². The van der Waals surface area contributed by atoms with Crippen LogP contribution in [0.3, 0.4) is 0 Å². The number of carbonyl (C=O) groups excluding carboxylic acids is 1. The molecule has 29 heavy (non-hydrogen) atoms. The van der Waals surface area contributed by atoms with Gasteiger partial charge in [-0.1, -0.05) is 6.07 Å². The Kier molecular flexibility index (Phi) is 7.40. The highest BCUT2D eigenvalue weighted by Gasteiger charge is 2.28. The quantitative estimate of drug-likeness (QED) is 0.491. The topological polar surface area (TPSA) is 56.8 Å². The summed E-state index contributed by atoms with van der Waals surface area (Å²) >= 11 is 0. The van der Waals surface area contributed by atoms with E-state index < -0.39 is 25.3 Å². The van der Waals surface area contributed by atoms with E-state index in [1.54, 1.807) is 0 Å². The average Bonchev–Trinajstić information content (AvgIpc) is 2.65. The summed E-state index contributed by atoms with van der Waals surface area (Å²) in [5.41, 5.74) is 0.840. The number of ether oxygens (including phenoxy) is 3. The molecule has 0 heterocycles. The zero-order valence-electron chi connectivity index (χ0n) is 15.0. The van der Waals surface area contributed by atoms with Gasteiger partial charge in [0.05, 0.1) is 7.11 Å². The van der Waals surface area contributed by atoms with Crippen LogP contribution >= 0.6 is 0 Å². The maximum absolute atomic E-state index is 12.3. The Morgan fingerprint density at radius 2 is 1.79 bits per heavy atom. The first-order valence-corrected chi connectivity index (χ1v) is 8.08. The van der Waals surface area contributed by atoms with Crippen LogP contribution in [-0.4, -0.2) is 32.4 Å². The summed E-state index contributed by atoms with van der Waals surface area (Å²) in [6.45, 7) is -4.41. The molecule has 0 atom stereocenters. The molecule has 0 bridgehead atoms. The highest BCUT2D eigenvalue weighted by Crippen LogP contribution is 2.30. The predicted molar refractivity (Wildman–Crippen MR) is 95.3 cm³/mol. The van der Waals surface area contributed by atoms with Crippen LogP contribution in [0.5, 0.6) is 17.2 Å². The van der Waals surface area contributed by atoms with E-state index in [-0.39, 0.29) is 17.2 Å². The zero-order valence-corrected chi connectivity index (χ0v) is 15.0. The van der Waals surface area contributed by atoms with Gasteiger partial charge in [0, 0.05) is 11.8 Å². The van der Waals surface area contributed by atoms with Gasteiger partial charge in [0.1, 0.15) is 5.75 Å². The van der Waals surface area contributed by atoms with E-state index in [0.29, 0.717) is 11.3 Å². The van der Waals surface area contributed by atoms with Gasteiger partial charge in [-0.15, -0.1) is 0 Å². The molecule has 0 fully saturated rings. The molecule has 2 aromatic carbocycles. The van der Waals surface area contributed by atoms with Gasteiger partial charge >= 0.3 is 12.8 Å². The van der Waals surface area contributed by atoms with Gasteiger partial charge in [-0.3, -0.25) is 4.79 Å². The molecule has 1 amide bonds. The molecule has 0 aliphatic carbocycles. The molecular weight excluding hydrogens is 401 g/mol. The first kappa shape index (κ1) is 22.0. The number of hydrogen-bond donors (Lipinski definition) is 1. The molecular formula is C19H16F5NO4. The molecule has 0 aliphatic heterocycles. The van der Waals surface area contributed by atoms with Gasteiger partial charge in [-0.05, 0) is 48.0 Å². The normalized spacial score (nSPS) is 11.6. The molecule has 5 nitrogen and oxygen atoms in total. The Morgan fingerprint density at radius 1 is 1.10 bits per heavy atom. The van der Waals surface area contributed by atoms with Crippen LogP contribution in [0.4, 0.5) is 27.6 Å². The van der Waals surface area contributed by atoms with Crippen molar-refractivity contribution in [3.05, 3.63) is 54.1 Å². The second-order valence-corrected chi connectivity index (χ2v) is 5.54. The van der Waals surface area contributed by atoms with Crippen LogP contribution in [0, 0.1) is 0 Å². The Hall–Kier alpha value is -3.30. The first-order valence-electron chi connectivity index (χ1n) is 8.08. The molecule has 0 unspecified atom stereocenters. The molecule has 156 valence electrons. The van der Waals surface area contributed by atoms with E-state index in [1.165, 1.54) is 61.7 Å². The first-order chi connectivity index (χ1) is 13.7. The highest BCUT2D eigenvalue weighted by molar-refractivity contribution is 6.01. The van der Waals surface area contributed by atoms with Crippen molar-refractivity contribution >= 4 is 17.7 Å². The molecule has 1 N–H and O–H groups in total. The third-order valence-corrected chi connectivity index (χ3v) is 3.36. The summed E-state index contributed by atoms with van der Waals surface area (Å²) < 4.78 is 74.8. The predicted octanol–water partition coefficient (Wildman–Crippen LogP) is 4.89. The lowest BCUT2D eigenvalue weighted by Gasteiger charge is -2.10. The van der Waals surface area contributed by atoms with E-state index in [1.807, 2.05) is 0 Å². The smallest absolute Gasteiger partial charge is 0.422 e. The maximum Gasteiger partial charge on any atom is 0.422 e. The standard InChI is InChI=1S/C19H16F5NO4/c1-27-16-10-12(2-8-15(16)29-18(20)21)3-9-17(26)25-13-4-6-14(7-5-13)28-11-19(22,23)24/h2-10,18H,11H2,1H3,(H,25,26)/b9-3+. The number of carbonyl (C=O) groups is 1. The summed E-state index contributed by atoms with van der Waals surface area (Å²) in [6.07, 6.45) is -1.83. The summed E-state index contributed by atoms with van der Waals surface area (Å²) in [6, 6.07) is 9.50. The van der Waals surface area contributed by atoms with E-state index >= 15 is 0 Å². The van der Waals surface area contributed by atoms with Gasteiger partial charge in [0.15, 0.2) is 18.1 Å². The third kappa shape index (κ3) is 7.68. The summed E-state index contributed by atoms with van der Waals surface area (Å²) in [5, 5.41) is 2.52. The van der Waals surface area contributed by atoms with Crippen LogP contribution in [0.2, 0.25) is 0 Å². The fourth-order valence-electron chi connectivity index (χ4n) is 2.14. The second kappa shape index (κ2) is 9.76. The van der Waals surface area contributed by atoms with Gasteiger partial charge < -0.3 is 19.5 Å². The van der Waals surface area contributed by atoms with Gasteiger partial charge in [0.25, 0.3) is 0 Å². The number of hydrogen-bond acceptors (Lipinski definition) is 4. The fourth-order valence-corrected chi connectivity index (χ4v) is 2.14. The minimum atomic E-state index is -4.44. The number of nitrogens with one attached hydrogen (secondary N) is 1. The largest absolute Gasteiger partial charge is 0.493 e. The van der Waals surface area contributed by atoms with Crippen LogP contribution in [0.25, 0.3) is 6.08 Å². The summed E-state index contributed by atoms with van der Waals surface area (Å²) in [5.74, 6) is -0.575. The lowest BCUT2D eigenvalue weighted by Crippen LogP contribution is -2.19. The lowest BCUT2D eigenvalue weighted by atomic mass is 10.2. The van der Waals surface area contributed by atoms with Crippen molar-refractivity contribution in [2.45, 2.75) is 12.8 Å². The molecule has 0 aromatic heterocycles. The zero-order chi connectivity index (χ0) is 21.4. The van der Waals surface area contributed by atoms with Gasteiger partial charge in [-0.25, -0.2) is 0 Å². The van der Waals surface area contributed by atoms with E-state index in [2.05, 4.69) is 14.8 Å². The summed E-state index contributed by atoms with van der Waals surface area (Å²) in [4.78, 5) is 12.0. The number of benzene rings is 2. The van der Waals surface area contributed by atoms with Crippen molar-refractivity contribution in [1.29, 1.82) is 0 Å².